The summed E-state index contributed by atoms with van der Waals surface area (Å²) in [5.41, 5.74) is 3.72. The summed E-state index contributed by atoms with van der Waals surface area (Å²) in [5.74, 6) is 0. The van der Waals surface area contributed by atoms with Crippen LogP contribution in [0.3, 0.4) is 0 Å². The second-order valence-electron chi connectivity index (χ2n) is 2.99. The minimum Gasteiger partial charge on any atom is -0.372 e. The molecule has 0 amide bonds. The Morgan fingerprint density at radius 2 is 2.25 bits per heavy atom. The number of aryl methyl sites for hydroxylation is 1. The third-order valence-corrected chi connectivity index (χ3v) is 1.96. The molecule has 1 aromatic carbocycles. The molecule has 12 heavy (non-hydrogen) atoms. The highest BCUT2D eigenvalue weighted by atomic mass is 15.1. The monoisotopic (exact) mass is 160 g/mol. The first-order chi connectivity index (χ1) is 5.86. The molecule has 0 unspecified atom stereocenters. The van der Waals surface area contributed by atoms with Crippen molar-refractivity contribution in [1.82, 2.24) is 10.6 Å². The summed E-state index contributed by atoms with van der Waals surface area (Å²) in [6.45, 7) is 2.94. The summed E-state index contributed by atoms with van der Waals surface area (Å²) < 4.78 is 0. The Hall–Kier alpha value is -1.44. The molecule has 0 aromatic heterocycles. The van der Waals surface area contributed by atoms with Crippen LogP contribution in [-0.2, 0) is 0 Å². The van der Waals surface area contributed by atoms with E-state index in [4.69, 9.17) is 0 Å². The van der Waals surface area contributed by atoms with E-state index in [2.05, 4.69) is 41.8 Å². The van der Waals surface area contributed by atoms with Gasteiger partial charge in [0.05, 0.1) is 12.4 Å². The summed E-state index contributed by atoms with van der Waals surface area (Å²) in [6, 6.07) is 8.46. The van der Waals surface area contributed by atoms with Crippen molar-refractivity contribution in [2.45, 2.75) is 6.92 Å². The van der Waals surface area contributed by atoms with Gasteiger partial charge in [0, 0.05) is 6.20 Å². The van der Waals surface area contributed by atoms with Crippen molar-refractivity contribution in [2.75, 3.05) is 6.67 Å². The third kappa shape index (κ3) is 1.28. The van der Waals surface area contributed by atoms with Gasteiger partial charge in [0.2, 0.25) is 0 Å². The molecule has 2 heteroatoms. The van der Waals surface area contributed by atoms with Gasteiger partial charge in [0.15, 0.2) is 0 Å². The second kappa shape index (κ2) is 2.89. The molecule has 0 bridgehead atoms. The highest BCUT2D eigenvalue weighted by Crippen LogP contribution is 2.13. The van der Waals surface area contributed by atoms with E-state index in [0.29, 0.717) is 0 Å². The molecule has 1 aromatic rings. The van der Waals surface area contributed by atoms with Crippen LogP contribution in [0.15, 0.2) is 30.5 Å². The van der Waals surface area contributed by atoms with Gasteiger partial charge in [-0.2, -0.15) is 0 Å². The van der Waals surface area contributed by atoms with Crippen LogP contribution in [0.1, 0.15) is 11.1 Å². The van der Waals surface area contributed by atoms with Crippen LogP contribution in [0.25, 0.3) is 5.70 Å². The lowest BCUT2D eigenvalue weighted by Crippen LogP contribution is -2.13. The van der Waals surface area contributed by atoms with Crippen LogP contribution >= 0.6 is 0 Å². The highest BCUT2D eigenvalue weighted by Gasteiger charge is 2.04. The molecule has 0 radical (unpaired) electrons. The smallest absolute Gasteiger partial charge is 0.0846 e. The fraction of sp³-hybridized carbons (Fsp3) is 0.200. The van der Waals surface area contributed by atoms with Crippen LogP contribution in [-0.4, -0.2) is 6.67 Å². The average Bonchev–Trinajstić information content (AvgIpc) is 2.56. The van der Waals surface area contributed by atoms with Gasteiger partial charge in [-0.1, -0.05) is 23.8 Å². The Kier molecular flexibility index (Phi) is 1.74. The van der Waals surface area contributed by atoms with Gasteiger partial charge in [-0.15, -0.1) is 0 Å². The maximum atomic E-state index is 3.25. The largest absolute Gasteiger partial charge is 0.372 e. The van der Waals surface area contributed by atoms with Crippen molar-refractivity contribution in [2.24, 2.45) is 0 Å². The zero-order chi connectivity index (χ0) is 8.39. The first-order valence-electron chi connectivity index (χ1n) is 4.11. The maximum absolute atomic E-state index is 3.25. The topological polar surface area (TPSA) is 24.1 Å². The standard InChI is InChI=1S/C10H12N2/c1-8-3-2-4-9(5-8)10-6-11-7-12-10/h2-6,11-12H,7H2,1H3. The van der Waals surface area contributed by atoms with E-state index < -0.39 is 0 Å². The van der Waals surface area contributed by atoms with Crippen molar-refractivity contribution >= 4 is 5.70 Å². The molecular weight excluding hydrogens is 148 g/mol. The number of hydrogen-bond donors (Lipinski definition) is 2. The summed E-state index contributed by atoms with van der Waals surface area (Å²) in [7, 11) is 0. The van der Waals surface area contributed by atoms with Crippen LogP contribution in [0.5, 0.6) is 0 Å². The zero-order valence-corrected chi connectivity index (χ0v) is 7.09. The summed E-state index contributed by atoms with van der Waals surface area (Å²) in [6.07, 6.45) is 2.01. The van der Waals surface area contributed by atoms with Crippen LogP contribution in [0.2, 0.25) is 0 Å². The van der Waals surface area contributed by atoms with E-state index in [9.17, 15) is 0 Å². The van der Waals surface area contributed by atoms with E-state index in [1.54, 1.807) is 0 Å². The predicted octanol–water partition coefficient (Wildman–Crippen LogP) is 1.44. The lowest BCUT2D eigenvalue weighted by atomic mass is 10.1. The SMILES string of the molecule is Cc1cccc(C2=CNCN2)c1. The van der Waals surface area contributed by atoms with Crippen molar-refractivity contribution in [1.29, 1.82) is 0 Å². The zero-order valence-electron chi connectivity index (χ0n) is 7.09. The molecule has 2 rings (SSSR count). The van der Waals surface area contributed by atoms with E-state index in [1.165, 1.54) is 16.8 Å². The highest BCUT2D eigenvalue weighted by molar-refractivity contribution is 5.65. The Morgan fingerprint density at radius 1 is 1.33 bits per heavy atom. The molecule has 0 atom stereocenters. The minimum absolute atomic E-state index is 0.837. The molecular formula is C10H12N2. The first-order valence-corrected chi connectivity index (χ1v) is 4.11. The third-order valence-electron chi connectivity index (χ3n) is 1.96. The molecule has 2 N–H and O–H groups in total. The molecule has 0 saturated carbocycles. The maximum Gasteiger partial charge on any atom is 0.0846 e. The Morgan fingerprint density at radius 3 is 2.92 bits per heavy atom. The van der Waals surface area contributed by atoms with Gasteiger partial charge in [0.1, 0.15) is 0 Å². The lowest BCUT2D eigenvalue weighted by molar-refractivity contribution is 0.842. The summed E-state index contributed by atoms with van der Waals surface area (Å²) in [4.78, 5) is 0. The number of benzene rings is 1. The minimum atomic E-state index is 0.837. The van der Waals surface area contributed by atoms with Crippen molar-refractivity contribution in [3.05, 3.63) is 41.6 Å². The molecule has 0 spiro atoms. The molecule has 0 saturated heterocycles. The second-order valence-corrected chi connectivity index (χ2v) is 2.99. The van der Waals surface area contributed by atoms with Crippen molar-refractivity contribution in [3.8, 4) is 0 Å². The van der Waals surface area contributed by atoms with Crippen molar-refractivity contribution < 1.29 is 0 Å². The molecule has 1 aliphatic rings. The normalized spacial score (nSPS) is 14.9. The van der Waals surface area contributed by atoms with Gasteiger partial charge in [-0.05, 0) is 18.6 Å². The lowest BCUT2D eigenvalue weighted by Gasteiger charge is -2.03. The van der Waals surface area contributed by atoms with E-state index in [-0.39, 0.29) is 0 Å². The fourth-order valence-corrected chi connectivity index (χ4v) is 1.35. The number of nitrogens with one attached hydrogen (secondary N) is 2. The van der Waals surface area contributed by atoms with Crippen LogP contribution in [0, 0.1) is 6.92 Å². The average molecular weight is 160 g/mol. The van der Waals surface area contributed by atoms with Gasteiger partial charge >= 0.3 is 0 Å². The van der Waals surface area contributed by atoms with Crippen LogP contribution < -0.4 is 10.6 Å². The molecule has 0 fully saturated rings. The molecule has 0 aliphatic carbocycles. The first kappa shape index (κ1) is 7.22. The Labute approximate surface area is 72.3 Å². The number of rotatable bonds is 1. The summed E-state index contributed by atoms with van der Waals surface area (Å²) >= 11 is 0. The van der Waals surface area contributed by atoms with Crippen molar-refractivity contribution in [3.63, 3.8) is 0 Å². The van der Waals surface area contributed by atoms with Gasteiger partial charge in [-0.25, -0.2) is 0 Å². The molecule has 62 valence electrons. The molecule has 1 heterocycles. The summed E-state index contributed by atoms with van der Waals surface area (Å²) in [5, 5.41) is 6.37. The fourth-order valence-electron chi connectivity index (χ4n) is 1.35. The molecule has 1 aliphatic heterocycles. The van der Waals surface area contributed by atoms with E-state index in [0.717, 1.165) is 6.67 Å². The van der Waals surface area contributed by atoms with E-state index in [1.807, 2.05) is 6.20 Å². The predicted molar refractivity (Wildman–Crippen MR) is 50.3 cm³/mol. The van der Waals surface area contributed by atoms with Gasteiger partial charge in [0.25, 0.3) is 0 Å². The number of hydrogen-bond acceptors (Lipinski definition) is 2. The Balaban J connectivity index is 2.33. The Bertz CT molecular complexity index is 315. The van der Waals surface area contributed by atoms with Gasteiger partial charge < -0.3 is 10.6 Å². The van der Waals surface area contributed by atoms with Crippen LogP contribution in [0.4, 0.5) is 0 Å². The van der Waals surface area contributed by atoms with E-state index >= 15 is 0 Å². The molecule has 2 nitrogen and oxygen atoms in total. The quantitative estimate of drug-likeness (QED) is 0.649. The van der Waals surface area contributed by atoms with Gasteiger partial charge in [-0.3, -0.25) is 0 Å².